The molecule has 0 amide bonds. The largest absolute Gasteiger partial charge is 0.489 e. The van der Waals surface area contributed by atoms with Gasteiger partial charge in [-0.1, -0.05) is 19.1 Å². The molecule has 1 aromatic carbocycles. The molecule has 0 saturated carbocycles. The van der Waals surface area contributed by atoms with E-state index in [1.165, 1.54) is 5.56 Å². The van der Waals surface area contributed by atoms with Gasteiger partial charge in [0.2, 0.25) is 0 Å². The molecule has 0 aliphatic carbocycles. The standard InChI is InChI=1S/C13H17NO3/c1-2-9-4-3-5-10(6-9)17-11-7-12(13(15)16)14-8-11/h3-6,11-12,14H,2,7-8H2,1H3,(H,15,16)/t11-,12-/m0/s1. The first-order valence-corrected chi connectivity index (χ1v) is 5.91. The minimum Gasteiger partial charge on any atom is -0.489 e. The van der Waals surface area contributed by atoms with Crippen LogP contribution in [0, 0.1) is 0 Å². The summed E-state index contributed by atoms with van der Waals surface area (Å²) in [6, 6.07) is 7.46. The van der Waals surface area contributed by atoms with Crippen molar-refractivity contribution in [2.24, 2.45) is 0 Å². The average Bonchev–Trinajstić information content (AvgIpc) is 2.78. The molecule has 2 atom stereocenters. The fourth-order valence-corrected chi connectivity index (χ4v) is 2.01. The summed E-state index contributed by atoms with van der Waals surface area (Å²) < 4.78 is 5.77. The highest BCUT2D eigenvalue weighted by atomic mass is 16.5. The Morgan fingerprint density at radius 3 is 3.06 bits per heavy atom. The summed E-state index contributed by atoms with van der Waals surface area (Å²) in [4.78, 5) is 10.8. The number of rotatable bonds is 4. The first kappa shape index (κ1) is 11.9. The van der Waals surface area contributed by atoms with Gasteiger partial charge in [0.25, 0.3) is 0 Å². The second kappa shape index (κ2) is 5.19. The Morgan fingerprint density at radius 2 is 2.41 bits per heavy atom. The molecule has 4 nitrogen and oxygen atoms in total. The van der Waals surface area contributed by atoms with Gasteiger partial charge in [-0.2, -0.15) is 0 Å². The number of hydrogen-bond acceptors (Lipinski definition) is 3. The summed E-state index contributed by atoms with van der Waals surface area (Å²) in [6.45, 7) is 2.68. The minimum atomic E-state index is -0.807. The third-order valence-corrected chi connectivity index (χ3v) is 3.00. The molecule has 17 heavy (non-hydrogen) atoms. The second-order valence-corrected chi connectivity index (χ2v) is 4.28. The number of ether oxygens (including phenoxy) is 1. The average molecular weight is 235 g/mol. The molecule has 2 N–H and O–H groups in total. The zero-order valence-corrected chi connectivity index (χ0v) is 9.85. The van der Waals surface area contributed by atoms with Gasteiger partial charge in [0.1, 0.15) is 17.9 Å². The smallest absolute Gasteiger partial charge is 0.320 e. The van der Waals surface area contributed by atoms with Gasteiger partial charge in [-0.15, -0.1) is 0 Å². The Kier molecular flexibility index (Phi) is 3.64. The van der Waals surface area contributed by atoms with E-state index in [1.54, 1.807) is 0 Å². The van der Waals surface area contributed by atoms with E-state index in [0.29, 0.717) is 13.0 Å². The summed E-state index contributed by atoms with van der Waals surface area (Å²) in [5, 5.41) is 11.8. The van der Waals surface area contributed by atoms with E-state index < -0.39 is 12.0 Å². The van der Waals surface area contributed by atoms with Crippen LogP contribution in [-0.2, 0) is 11.2 Å². The molecule has 1 aliphatic heterocycles. The quantitative estimate of drug-likeness (QED) is 0.829. The topological polar surface area (TPSA) is 58.6 Å². The van der Waals surface area contributed by atoms with Crippen molar-refractivity contribution >= 4 is 5.97 Å². The molecule has 0 spiro atoms. The first-order chi connectivity index (χ1) is 8.19. The molecule has 92 valence electrons. The molecule has 4 heteroatoms. The number of aliphatic carboxylic acids is 1. The van der Waals surface area contributed by atoms with E-state index in [4.69, 9.17) is 9.84 Å². The Labute approximate surface area is 101 Å². The highest BCUT2D eigenvalue weighted by Gasteiger charge is 2.30. The molecule has 1 heterocycles. The summed E-state index contributed by atoms with van der Waals surface area (Å²) in [5.41, 5.74) is 1.23. The van der Waals surface area contributed by atoms with Gasteiger partial charge in [0.05, 0.1) is 0 Å². The van der Waals surface area contributed by atoms with Crippen LogP contribution >= 0.6 is 0 Å². The van der Waals surface area contributed by atoms with Crippen molar-refractivity contribution in [1.82, 2.24) is 5.32 Å². The van der Waals surface area contributed by atoms with E-state index in [2.05, 4.69) is 18.3 Å². The van der Waals surface area contributed by atoms with Gasteiger partial charge in [-0.05, 0) is 24.1 Å². The van der Waals surface area contributed by atoms with Crippen molar-refractivity contribution < 1.29 is 14.6 Å². The number of hydrogen-bond donors (Lipinski definition) is 2. The molecule has 0 aromatic heterocycles. The third-order valence-electron chi connectivity index (χ3n) is 3.00. The summed E-state index contributed by atoms with van der Waals surface area (Å²) in [7, 11) is 0. The highest BCUT2D eigenvalue weighted by Crippen LogP contribution is 2.19. The lowest BCUT2D eigenvalue weighted by atomic mass is 10.1. The normalized spacial score (nSPS) is 23.6. The summed E-state index contributed by atoms with van der Waals surface area (Å²) >= 11 is 0. The number of nitrogens with one attached hydrogen (secondary N) is 1. The molecule has 2 rings (SSSR count). The summed E-state index contributed by atoms with van der Waals surface area (Å²) in [5.74, 6) is 0.0144. The van der Waals surface area contributed by atoms with Crippen LogP contribution in [0.2, 0.25) is 0 Å². The van der Waals surface area contributed by atoms with E-state index >= 15 is 0 Å². The van der Waals surface area contributed by atoms with Gasteiger partial charge < -0.3 is 15.2 Å². The molecular weight excluding hydrogens is 218 g/mol. The Bertz CT molecular complexity index is 405. The second-order valence-electron chi connectivity index (χ2n) is 4.28. The Balaban J connectivity index is 1.95. The van der Waals surface area contributed by atoms with Crippen LogP contribution in [0.4, 0.5) is 0 Å². The maximum absolute atomic E-state index is 10.8. The summed E-state index contributed by atoms with van der Waals surface area (Å²) in [6.07, 6.45) is 1.44. The van der Waals surface area contributed by atoms with Crippen LogP contribution in [0.3, 0.4) is 0 Å². The lowest BCUT2D eigenvalue weighted by molar-refractivity contribution is -0.139. The van der Waals surface area contributed by atoms with Crippen molar-refractivity contribution in [2.75, 3.05) is 6.54 Å². The number of aryl methyl sites for hydroxylation is 1. The molecule has 1 saturated heterocycles. The maximum atomic E-state index is 10.8. The highest BCUT2D eigenvalue weighted by molar-refractivity contribution is 5.73. The monoisotopic (exact) mass is 235 g/mol. The van der Waals surface area contributed by atoms with Gasteiger partial charge in [0, 0.05) is 13.0 Å². The Hall–Kier alpha value is -1.55. The van der Waals surface area contributed by atoms with Crippen LogP contribution in [0.1, 0.15) is 18.9 Å². The fraction of sp³-hybridized carbons (Fsp3) is 0.462. The van der Waals surface area contributed by atoms with Crippen molar-refractivity contribution in [1.29, 1.82) is 0 Å². The van der Waals surface area contributed by atoms with Crippen molar-refractivity contribution in [2.45, 2.75) is 31.9 Å². The minimum absolute atomic E-state index is 0.0526. The molecular formula is C13H17NO3. The van der Waals surface area contributed by atoms with Crippen LogP contribution < -0.4 is 10.1 Å². The van der Waals surface area contributed by atoms with E-state index in [0.717, 1.165) is 12.2 Å². The number of carbonyl (C=O) groups is 1. The zero-order chi connectivity index (χ0) is 12.3. The van der Waals surface area contributed by atoms with E-state index in [-0.39, 0.29) is 6.10 Å². The molecule has 0 bridgehead atoms. The van der Waals surface area contributed by atoms with Gasteiger partial charge in [0.15, 0.2) is 0 Å². The number of carboxylic acid groups (broad SMARTS) is 1. The molecule has 1 aromatic rings. The van der Waals surface area contributed by atoms with Crippen molar-refractivity contribution in [3.05, 3.63) is 29.8 Å². The lowest BCUT2D eigenvalue weighted by Gasteiger charge is -2.13. The number of carboxylic acids is 1. The van der Waals surface area contributed by atoms with Gasteiger partial charge in [-0.25, -0.2) is 0 Å². The molecule has 1 fully saturated rings. The van der Waals surface area contributed by atoms with Gasteiger partial charge >= 0.3 is 5.97 Å². The molecule has 0 unspecified atom stereocenters. The van der Waals surface area contributed by atoms with Crippen LogP contribution in [0.15, 0.2) is 24.3 Å². The lowest BCUT2D eigenvalue weighted by Crippen LogP contribution is -2.30. The van der Waals surface area contributed by atoms with E-state index in [1.807, 2.05) is 18.2 Å². The maximum Gasteiger partial charge on any atom is 0.320 e. The molecule has 1 aliphatic rings. The zero-order valence-electron chi connectivity index (χ0n) is 9.85. The van der Waals surface area contributed by atoms with Crippen LogP contribution in [0.25, 0.3) is 0 Å². The SMILES string of the molecule is CCc1cccc(O[C@@H]2CN[C@H](C(=O)O)C2)c1. The Morgan fingerprint density at radius 1 is 1.59 bits per heavy atom. The predicted molar refractivity (Wildman–Crippen MR) is 64.3 cm³/mol. The first-order valence-electron chi connectivity index (χ1n) is 5.91. The predicted octanol–water partition coefficient (Wildman–Crippen LogP) is 1.44. The van der Waals surface area contributed by atoms with Crippen LogP contribution in [0.5, 0.6) is 5.75 Å². The third kappa shape index (κ3) is 2.97. The fourth-order valence-electron chi connectivity index (χ4n) is 2.01. The van der Waals surface area contributed by atoms with Crippen molar-refractivity contribution in [3.8, 4) is 5.75 Å². The van der Waals surface area contributed by atoms with Crippen molar-refractivity contribution in [3.63, 3.8) is 0 Å². The van der Waals surface area contributed by atoms with Gasteiger partial charge in [-0.3, -0.25) is 4.79 Å². The van der Waals surface area contributed by atoms with Crippen LogP contribution in [-0.4, -0.2) is 29.8 Å². The van der Waals surface area contributed by atoms with E-state index in [9.17, 15) is 4.79 Å². The molecule has 0 radical (unpaired) electrons. The number of benzene rings is 1.